The molecule has 1 fully saturated rings. The van der Waals surface area contributed by atoms with Gasteiger partial charge in [0, 0.05) is 18.9 Å². The summed E-state index contributed by atoms with van der Waals surface area (Å²) in [5.74, 6) is 0. The second-order valence-corrected chi connectivity index (χ2v) is 3.03. The molecular formula is C8H14N6. The fourth-order valence-electron chi connectivity index (χ4n) is 1.26. The maximum absolute atomic E-state index is 3.97. The summed E-state index contributed by atoms with van der Waals surface area (Å²) in [6.45, 7) is 0.901. The molecule has 0 aliphatic carbocycles. The highest BCUT2D eigenvalue weighted by Crippen LogP contribution is 1.95. The molecule has 0 spiro atoms. The summed E-state index contributed by atoms with van der Waals surface area (Å²) in [5.41, 5.74) is 12.7. The molecule has 1 aliphatic heterocycles. The lowest BCUT2D eigenvalue weighted by Crippen LogP contribution is -2.47. The third kappa shape index (κ3) is 2.72. The van der Waals surface area contributed by atoms with Crippen molar-refractivity contribution in [2.75, 3.05) is 6.54 Å². The average Bonchev–Trinajstić information content (AvgIpc) is 2.72. The summed E-state index contributed by atoms with van der Waals surface area (Å²) in [5, 5.41) is 3.26. The van der Waals surface area contributed by atoms with Crippen molar-refractivity contribution in [2.24, 2.45) is 0 Å². The zero-order chi connectivity index (χ0) is 9.64. The van der Waals surface area contributed by atoms with E-state index in [2.05, 4.69) is 32.2 Å². The molecule has 0 radical (unpaired) electrons. The monoisotopic (exact) mass is 194 g/mol. The van der Waals surface area contributed by atoms with Gasteiger partial charge in [0.25, 0.3) is 0 Å². The van der Waals surface area contributed by atoms with Gasteiger partial charge in [0.05, 0.1) is 0 Å². The van der Waals surface area contributed by atoms with Gasteiger partial charge in [-0.2, -0.15) is 11.1 Å². The molecule has 0 saturated carbocycles. The Kier molecular flexibility index (Phi) is 3.39. The first-order chi connectivity index (χ1) is 6.95. The molecule has 2 rings (SSSR count). The number of pyridine rings is 1. The highest BCUT2D eigenvalue weighted by Gasteiger charge is 2.09. The van der Waals surface area contributed by atoms with Gasteiger partial charge in [0.15, 0.2) is 0 Å². The molecule has 0 aromatic carbocycles. The van der Waals surface area contributed by atoms with Gasteiger partial charge in [-0.15, -0.1) is 0 Å². The lowest BCUT2D eigenvalue weighted by molar-refractivity contribution is 0.428. The predicted molar refractivity (Wildman–Crippen MR) is 52.3 cm³/mol. The smallest absolute Gasteiger partial charge is 0.139 e. The van der Waals surface area contributed by atoms with Gasteiger partial charge in [0.1, 0.15) is 6.29 Å². The van der Waals surface area contributed by atoms with Crippen molar-refractivity contribution in [2.45, 2.75) is 12.7 Å². The summed E-state index contributed by atoms with van der Waals surface area (Å²) in [6.07, 6.45) is 4.68. The first-order valence-electron chi connectivity index (χ1n) is 4.58. The normalized spacial score (nSPS) is 17.4. The molecule has 1 aliphatic rings. The number of hydrogen-bond donors (Lipinski definition) is 5. The minimum atomic E-state index is 0.0665. The summed E-state index contributed by atoms with van der Waals surface area (Å²) >= 11 is 0. The van der Waals surface area contributed by atoms with Crippen molar-refractivity contribution in [3.05, 3.63) is 30.1 Å². The predicted octanol–water partition coefficient (Wildman–Crippen LogP) is -1.39. The van der Waals surface area contributed by atoms with E-state index in [1.807, 2.05) is 24.5 Å². The van der Waals surface area contributed by atoms with Crippen LogP contribution in [0.4, 0.5) is 0 Å². The summed E-state index contributed by atoms with van der Waals surface area (Å²) in [4.78, 5) is 3.97. The molecule has 76 valence electrons. The van der Waals surface area contributed by atoms with E-state index in [1.54, 1.807) is 0 Å². The molecule has 0 unspecified atom stereocenters. The molecule has 2 heterocycles. The molecular weight excluding hydrogens is 180 g/mol. The largest absolute Gasteiger partial charge is 0.287 e. The first-order valence-corrected chi connectivity index (χ1v) is 4.58. The van der Waals surface area contributed by atoms with Crippen LogP contribution in [-0.4, -0.2) is 17.8 Å². The summed E-state index contributed by atoms with van der Waals surface area (Å²) in [7, 11) is 0. The van der Waals surface area contributed by atoms with Crippen LogP contribution >= 0.6 is 0 Å². The number of hydrazine groups is 3. The zero-order valence-electron chi connectivity index (χ0n) is 7.75. The van der Waals surface area contributed by atoms with E-state index in [0.717, 1.165) is 13.0 Å². The number of nitrogens with zero attached hydrogens (tertiary/aromatic N) is 1. The van der Waals surface area contributed by atoms with Crippen LogP contribution in [0.25, 0.3) is 0 Å². The molecule has 6 nitrogen and oxygen atoms in total. The molecule has 5 N–H and O–H groups in total. The summed E-state index contributed by atoms with van der Waals surface area (Å²) < 4.78 is 0. The zero-order valence-corrected chi connectivity index (χ0v) is 7.75. The van der Waals surface area contributed by atoms with Gasteiger partial charge in [0.2, 0.25) is 0 Å². The van der Waals surface area contributed by atoms with Crippen molar-refractivity contribution in [1.29, 1.82) is 0 Å². The second-order valence-electron chi connectivity index (χ2n) is 3.03. The minimum absolute atomic E-state index is 0.0665. The fraction of sp³-hybridized carbons (Fsp3) is 0.375. The van der Waals surface area contributed by atoms with Crippen molar-refractivity contribution < 1.29 is 0 Å². The van der Waals surface area contributed by atoms with E-state index >= 15 is 0 Å². The Hall–Kier alpha value is -1.05. The lowest BCUT2D eigenvalue weighted by atomic mass is 10.2. The Bertz CT molecular complexity index is 258. The van der Waals surface area contributed by atoms with Gasteiger partial charge >= 0.3 is 0 Å². The first kappa shape index (κ1) is 9.50. The van der Waals surface area contributed by atoms with E-state index < -0.39 is 0 Å². The fourth-order valence-corrected chi connectivity index (χ4v) is 1.26. The maximum atomic E-state index is 3.97. The number of hydrogen-bond acceptors (Lipinski definition) is 6. The Morgan fingerprint density at radius 1 is 1.21 bits per heavy atom. The van der Waals surface area contributed by atoms with Crippen molar-refractivity contribution in [3.63, 3.8) is 0 Å². The lowest BCUT2D eigenvalue weighted by Gasteiger charge is -2.10. The minimum Gasteiger partial charge on any atom is -0.287 e. The molecule has 1 saturated heterocycles. The van der Waals surface area contributed by atoms with Crippen LogP contribution in [0, 0.1) is 0 Å². The van der Waals surface area contributed by atoms with E-state index in [1.165, 1.54) is 5.56 Å². The van der Waals surface area contributed by atoms with Crippen LogP contribution in [0.1, 0.15) is 5.56 Å². The standard InChI is InChI=1S/C8H14N6/c1-4-9-5-2-7(1)3-6-10-8-11-13-14-12-8/h1-2,4-5,8,10-14H,3,6H2. The van der Waals surface area contributed by atoms with E-state index in [4.69, 9.17) is 0 Å². The Labute approximate surface area is 82.4 Å². The van der Waals surface area contributed by atoms with Gasteiger partial charge in [-0.1, -0.05) is 0 Å². The maximum Gasteiger partial charge on any atom is 0.139 e. The van der Waals surface area contributed by atoms with Crippen LogP contribution in [-0.2, 0) is 6.42 Å². The molecule has 0 bridgehead atoms. The molecule has 1 aromatic heterocycles. The van der Waals surface area contributed by atoms with Crippen LogP contribution in [0.2, 0.25) is 0 Å². The van der Waals surface area contributed by atoms with E-state index in [-0.39, 0.29) is 6.29 Å². The van der Waals surface area contributed by atoms with E-state index in [0.29, 0.717) is 0 Å². The van der Waals surface area contributed by atoms with Crippen molar-refractivity contribution >= 4 is 0 Å². The third-order valence-corrected chi connectivity index (χ3v) is 2.01. The number of nitrogens with one attached hydrogen (secondary N) is 5. The summed E-state index contributed by atoms with van der Waals surface area (Å²) in [6, 6.07) is 4.04. The van der Waals surface area contributed by atoms with Gasteiger partial charge in [-0.25, -0.2) is 10.9 Å². The highest BCUT2D eigenvalue weighted by molar-refractivity contribution is 5.09. The van der Waals surface area contributed by atoms with Gasteiger partial charge in [-0.3, -0.25) is 10.3 Å². The topological polar surface area (TPSA) is 73.0 Å². The molecule has 1 aromatic rings. The SMILES string of the molecule is c1cc(CCNC2NNNN2)ccn1. The average molecular weight is 194 g/mol. The van der Waals surface area contributed by atoms with Gasteiger partial charge < -0.3 is 0 Å². The highest BCUT2D eigenvalue weighted by atomic mass is 15.8. The van der Waals surface area contributed by atoms with Crippen molar-refractivity contribution in [1.82, 2.24) is 32.2 Å². The van der Waals surface area contributed by atoms with Gasteiger partial charge in [-0.05, 0) is 24.1 Å². The molecule has 0 atom stereocenters. The quantitative estimate of drug-likeness (QED) is 0.407. The number of rotatable bonds is 4. The second kappa shape index (κ2) is 4.99. The Morgan fingerprint density at radius 2 is 1.93 bits per heavy atom. The molecule has 0 amide bonds. The van der Waals surface area contributed by atoms with E-state index in [9.17, 15) is 0 Å². The number of aromatic nitrogens is 1. The van der Waals surface area contributed by atoms with Crippen LogP contribution < -0.4 is 27.2 Å². The third-order valence-electron chi connectivity index (χ3n) is 2.01. The Balaban J connectivity index is 1.67. The molecule has 14 heavy (non-hydrogen) atoms. The van der Waals surface area contributed by atoms with Crippen LogP contribution in [0.3, 0.4) is 0 Å². The Morgan fingerprint density at radius 3 is 2.64 bits per heavy atom. The van der Waals surface area contributed by atoms with Crippen LogP contribution in [0.5, 0.6) is 0 Å². The molecule has 6 heteroatoms. The van der Waals surface area contributed by atoms with Crippen molar-refractivity contribution in [3.8, 4) is 0 Å². The van der Waals surface area contributed by atoms with Crippen LogP contribution in [0.15, 0.2) is 24.5 Å².